The van der Waals surface area contributed by atoms with Gasteiger partial charge in [-0.15, -0.1) is 0 Å². The zero-order chi connectivity index (χ0) is 12.3. The standard InChI is InChI=1S/C12H9Br3N2/c13-6-9-2-1-3-11(16-9)12-5-8(15)4-10(7-14)17-12/h1-5H,6-7H2. The molecule has 0 aliphatic rings. The second-order valence-electron chi connectivity index (χ2n) is 3.44. The van der Waals surface area contributed by atoms with Crippen molar-refractivity contribution in [1.29, 1.82) is 0 Å². The van der Waals surface area contributed by atoms with E-state index in [1.807, 2.05) is 30.3 Å². The van der Waals surface area contributed by atoms with Gasteiger partial charge >= 0.3 is 0 Å². The van der Waals surface area contributed by atoms with Crippen LogP contribution in [-0.4, -0.2) is 9.97 Å². The van der Waals surface area contributed by atoms with Crippen LogP contribution in [0.4, 0.5) is 0 Å². The number of pyridine rings is 2. The minimum atomic E-state index is 0.734. The molecule has 0 saturated carbocycles. The summed E-state index contributed by atoms with van der Waals surface area (Å²) in [6.45, 7) is 0. The fourth-order valence-corrected chi connectivity index (χ4v) is 2.53. The summed E-state index contributed by atoms with van der Waals surface area (Å²) in [5.74, 6) is 0. The molecule has 0 atom stereocenters. The minimum absolute atomic E-state index is 0.734. The first-order valence-corrected chi connectivity index (χ1v) is 8.01. The van der Waals surface area contributed by atoms with Gasteiger partial charge in [-0.2, -0.15) is 0 Å². The van der Waals surface area contributed by atoms with Gasteiger partial charge in [-0.1, -0.05) is 53.9 Å². The summed E-state index contributed by atoms with van der Waals surface area (Å²) < 4.78 is 1.02. The van der Waals surface area contributed by atoms with Crippen LogP contribution in [0.25, 0.3) is 11.4 Å². The lowest BCUT2D eigenvalue weighted by Gasteiger charge is -2.05. The minimum Gasteiger partial charge on any atom is -0.250 e. The molecule has 2 aromatic heterocycles. The largest absolute Gasteiger partial charge is 0.250 e. The molecule has 17 heavy (non-hydrogen) atoms. The van der Waals surface area contributed by atoms with Crippen LogP contribution >= 0.6 is 47.8 Å². The van der Waals surface area contributed by atoms with Crippen molar-refractivity contribution in [2.24, 2.45) is 0 Å². The zero-order valence-corrected chi connectivity index (χ0v) is 13.6. The van der Waals surface area contributed by atoms with Gasteiger partial charge in [0.15, 0.2) is 0 Å². The Hall–Kier alpha value is -0.260. The summed E-state index contributed by atoms with van der Waals surface area (Å²) in [5.41, 5.74) is 3.77. The third kappa shape index (κ3) is 3.36. The van der Waals surface area contributed by atoms with Gasteiger partial charge < -0.3 is 0 Å². The van der Waals surface area contributed by atoms with E-state index in [-0.39, 0.29) is 0 Å². The summed E-state index contributed by atoms with van der Waals surface area (Å²) in [5, 5.41) is 1.48. The Morgan fingerprint density at radius 3 is 2.29 bits per heavy atom. The van der Waals surface area contributed by atoms with E-state index in [4.69, 9.17) is 0 Å². The lowest BCUT2D eigenvalue weighted by atomic mass is 10.2. The topological polar surface area (TPSA) is 25.8 Å². The predicted molar refractivity (Wildman–Crippen MR) is 80.4 cm³/mol. The summed E-state index contributed by atoms with van der Waals surface area (Å²) in [4.78, 5) is 9.08. The highest BCUT2D eigenvalue weighted by Gasteiger charge is 2.05. The van der Waals surface area contributed by atoms with E-state index in [0.29, 0.717) is 0 Å². The maximum absolute atomic E-state index is 4.54. The maximum Gasteiger partial charge on any atom is 0.0901 e. The first kappa shape index (κ1) is 13.2. The molecule has 0 saturated heterocycles. The molecule has 0 amide bonds. The number of nitrogens with zero attached hydrogens (tertiary/aromatic N) is 2. The molecule has 0 spiro atoms. The van der Waals surface area contributed by atoms with Crippen LogP contribution in [0.2, 0.25) is 0 Å². The van der Waals surface area contributed by atoms with Gasteiger partial charge in [0.2, 0.25) is 0 Å². The molecule has 0 N–H and O–H groups in total. The number of rotatable bonds is 3. The third-order valence-electron chi connectivity index (χ3n) is 2.19. The molecule has 2 aromatic rings. The summed E-state index contributed by atoms with van der Waals surface area (Å²) in [6, 6.07) is 9.93. The van der Waals surface area contributed by atoms with Crippen molar-refractivity contribution in [2.75, 3.05) is 0 Å². The SMILES string of the molecule is BrCc1cccc(-c2cc(Br)cc(CBr)n2)n1. The van der Waals surface area contributed by atoms with Crippen molar-refractivity contribution in [3.63, 3.8) is 0 Å². The van der Waals surface area contributed by atoms with Gasteiger partial charge in [-0.25, -0.2) is 0 Å². The van der Waals surface area contributed by atoms with Gasteiger partial charge in [0, 0.05) is 15.1 Å². The van der Waals surface area contributed by atoms with Gasteiger partial charge in [0.1, 0.15) is 0 Å². The Kier molecular flexibility index (Phi) is 4.70. The Labute approximate surface area is 125 Å². The Balaban J connectivity index is 2.47. The predicted octanol–water partition coefficient (Wildman–Crippen LogP) is 4.70. The highest BCUT2D eigenvalue weighted by Crippen LogP contribution is 2.22. The highest BCUT2D eigenvalue weighted by atomic mass is 79.9. The molecule has 0 aliphatic heterocycles. The Morgan fingerprint density at radius 1 is 0.882 bits per heavy atom. The van der Waals surface area contributed by atoms with Gasteiger partial charge in [-0.05, 0) is 24.3 Å². The smallest absolute Gasteiger partial charge is 0.0901 e. The van der Waals surface area contributed by atoms with Crippen LogP contribution < -0.4 is 0 Å². The summed E-state index contributed by atoms with van der Waals surface area (Å²) >= 11 is 10.3. The van der Waals surface area contributed by atoms with Crippen molar-refractivity contribution in [3.8, 4) is 11.4 Å². The van der Waals surface area contributed by atoms with Crippen molar-refractivity contribution in [1.82, 2.24) is 9.97 Å². The number of alkyl halides is 2. The number of halogens is 3. The monoisotopic (exact) mass is 418 g/mol. The number of hydrogen-bond acceptors (Lipinski definition) is 2. The van der Waals surface area contributed by atoms with Crippen LogP contribution in [0.1, 0.15) is 11.4 Å². The van der Waals surface area contributed by atoms with E-state index in [9.17, 15) is 0 Å². The molecule has 2 nitrogen and oxygen atoms in total. The van der Waals surface area contributed by atoms with Crippen molar-refractivity contribution in [2.45, 2.75) is 10.7 Å². The molecule has 0 bridgehead atoms. The lowest BCUT2D eigenvalue weighted by molar-refractivity contribution is 1.13. The van der Waals surface area contributed by atoms with E-state index < -0.39 is 0 Å². The quantitative estimate of drug-likeness (QED) is 0.673. The normalized spacial score (nSPS) is 10.5. The van der Waals surface area contributed by atoms with Crippen LogP contribution in [0.5, 0.6) is 0 Å². The van der Waals surface area contributed by atoms with Crippen LogP contribution in [0.3, 0.4) is 0 Å². The van der Waals surface area contributed by atoms with Crippen LogP contribution in [0.15, 0.2) is 34.8 Å². The molecule has 0 aliphatic carbocycles. The second-order valence-corrected chi connectivity index (χ2v) is 5.48. The molecule has 5 heteroatoms. The number of aromatic nitrogens is 2. The van der Waals surface area contributed by atoms with Crippen LogP contribution in [0, 0.1) is 0 Å². The zero-order valence-electron chi connectivity index (χ0n) is 8.83. The first-order chi connectivity index (χ1) is 8.22. The van der Waals surface area contributed by atoms with E-state index in [1.165, 1.54) is 0 Å². The van der Waals surface area contributed by atoms with Crippen molar-refractivity contribution in [3.05, 3.63) is 46.2 Å². The lowest BCUT2D eigenvalue weighted by Crippen LogP contribution is -1.94. The molecule has 0 fully saturated rings. The first-order valence-electron chi connectivity index (χ1n) is 4.97. The average molecular weight is 421 g/mol. The molecule has 88 valence electrons. The van der Waals surface area contributed by atoms with Gasteiger partial charge in [0.25, 0.3) is 0 Å². The van der Waals surface area contributed by atoms with Crippen molar-refractivity contribution < 1.29 is 0 Å². The average Bonchev–Trinajstić information content (AvgIpc) is 2.38. The highest BCUT2D eigenvalue weighted by molar-refractivity contribution is 9.10. The van der Waals surface area contributed by atoms with Crippen LogP contribution in [-0.2, 0) is 10.7 Å². The van der Waals surface area contributed by atoms with Crippen molar-refractivity contribution >= 4 is 47.8 Å². The fraction of sp³-hybridized carbons (Fsp3) is 0.167. The number of hydrogen-bond donors (Lipinski definition) is 0. The third-order valence-corrected chi connectivity index (χ3v) is 3.79. The summed E-state index contributed by atoms with van der Waals surface area (Å²) in [6.07, 6.45) is 0. The Bertz CT molecular complexity index is 529. The van der Waals surface area contributed by atoms with E-state index in [0.717, 1.165) is 37.9 Å². The van der Waals surface area contributed by atoms with Gasteiger partial charge in [0.05, 0.1) is 22.8 Å². The summed E-state index contributed by atoms with van der Waals surface area (Å²) in [7, 11) is 0. The Morgan fingerprint density at radius 2 is 1.59 bits per heavy atom. The molecular weight excluding hydrogens is 412 g/mol. The fourth-order valence-electron chi connectivity index (χ4n) is 1.45. The van der Waals surface area contributed by atoms with E-state index >= 15 is 0 Å². The second kappa shape index (κ2) is 6.07. The molecule has 2 heterocycles. The maximum atomic E-state index is 4.54. The van der Waals surface area contributed by atoms with E-state index in [1.54, 1.807) is 0 Å². The molecule has 0 aromatic carbocycles. The van der Waals surface area contributed by atoms with E-state index in [2.05, 4.69) is 57.8 Å². The molecule has 0 radical (unpaired) electrons. The van der Waals surface area contributed by atoms with Gasteiger partial charge in [-0.3, -0.25) is 9.97 Å². The molecule has 0 unspecified atom stereocenters. The molecular formula is C12H9Br3N2. The molecule has 2 rings (SSSR count).